The lowest BCUT2D eigenvalue weighted by molar-refractivity contribution is -0.125. The molecule has 28 heavy (non-hydrogen) atoms. The minimum atomic E-state index is 0.0630. The van der Waals surface area contributed by atoms with E-state index in [4.69, 9.17) is 0 Å². The topological polar surface area (TPSA) is 51.7 Å². The maximum Gasteiger partial charge on any atom is 0.224 e. The Labute approximate surface area is 171 Å². The molecule has 1 unspecified atom stereocenters. The summed E-state index contributed by atoms with van der Waals surface area (Å²) in [6.07, 6.45) is 4.93. The van der Waals surface area contributed by atoms with E-state index in [1.165, 1.54) is 10.1 Å². The van der Waals surface area contributed by atoms with Gasteiger partial charge in [-0.05, 0) is 50.4 Å². The molecule has 7 heteroatoms. The van der Waals surface area contributed by atoms with E-state index in [1.54, 1.807) is 11.3 Å². The predicted octanol–water partition coefficient (Wildman–Crippen LogP) is 2.27. The van der Waals surface area contributed by atoms with Crippen molar-refractivity contribution in [1.82, 2.24) is 20.1 Å². The van der Waals surface area contributed by atoms with Crippen LogP contribution >= 0.6 is 11.3 Å². The summed E-state index contributed by atoms with van der Waals surface area (Å²) in [5.41, 5.74) is 0. The molecule has 2 aromatic heterocycles. The summed E-state index contributed by atoms with van der Waals surface area (Å²) >= 11 is 1.75. The van der Waals surface area contributed by atoms with Gasteiger partial charge in [-0.1, -0.05) is 0 Å². The molecule has 1 atom stereocenters. The van der Waals surface area contributed by atoms with Crippen LogP contribution in [0.5, 0.6) is 0 Å². The van der Waals surface area contributed by atoms with Gasteiger partial charge in [-0.15, -0.1) is 11.3 Å². The minimum Gasteiger partial charge on any atom is -0.356 e. The number of fused-ring (bicyclic) bond motifs is 1. The summed E-state index contributed by atoms with van der Waals surface area (Å²) in [5.74, 6) is 1.31. The number of rotatable bonds is 6. The molecule has 2 aliphatic rings. The number of carbonyl (C=O) groups excluding carboxylic acids is 1. The van der Waals surface area contributed by atoms with Crippen molar-refractivity contribution in [3.63, 3.8) is 0 Å². The number of anilines is 1. The first-order valence-corrected chi connectivity index (χ1v) is 11.3. The third-order valence-corrected chi connectivity index (χ3v) is 6.88. The zero-order valence-corrected chi connectivity index (χ0v) is 17.6. The highest BCUT2D eigenvalue weighted by molar-refractivity contribution is 7.17. The second-order valence-electron chi connectivity index (χ2n) is 8.04. The number of piperazine rings is 1. The number of carbonyl (C=O) groups is 1. The number of likely N-dealkylation sites (N-methyl/N-ethyl adjacent to an activating group) is 1. The number of hydrogen-bond acceptors (Lipinski definition) is 6. The van der Waals surface area contributed by atoms with E-state index in [1.807, 2.05) is 6.20 Å². The smallest absolute Gasteiger partial charge is 0.224 e. The molecule has 0 bridgehead atoms. The lowest BCUT2D eigenvalue weighted by Gasteiger charge is -2.33. The van der Waals surface area contributed by atoms with Gasteiger partial charge in [0.15, 0.2) is 0 Å². The van der Waals surface area contributed by atoms with Gasteiger partial charge in [0, 0.05) is 62.1 Å². The molecule has 1 N–H and O–H groups in total. The Morgan fingerprint density at radius 1 is 1.25 bits per heavy atom. The van der Waals surface area contributed by atoms with Crippen molar-refractivity contribution in [2.24, 2.45) is 5.92 Å². The molecule has 6 nitrogen and oxygen atoms in total. The highest BCUT2D eigenvalue weighted by Gasteiger charge is 2.27. The van der Waals surface area contributed by atoms with Gasteiger partial charge in [0.05, 0.1) is 5.92 Å². The standard InChI is InChI=1S/C21H31N5OS/c1-24-11-13-25(14-12-24)9-3-7-23-21(27)17-4-2-10-26(16-17)20-18-6-15-28-19(18)5-8-22-20/h5-6,8,15,17H,2-4,7,9-14,16H2,1H3,(H,23,27). The highest BCUT2D eigenvalue weighted by Crippen LogP contribution is 2.31. The van der Waals surface area contributed by atoms with Crippen LogP contribution in [0.1, 0.15) is 19.3 Å². The van der Waals surface area contributed by atoms with Crippen molar-refractivity contribution >= 4 is 33.1 Å². The van der Waals surface area contributed by atoms with Gasteiger partial charge in [0.1, 0.15) is 5.82 Å². The maximum atomic E-state index is 12.7. The Bertz CT molecular complexity index is 786. The van der Waals surface area contributed by atoms with Gasteiger partial charge >= 0.3 is 0 Å². The molecule has 0 saturated carbocycles. The van der Waals surface area contributed by atoms with E-state index in [-0.39, 0.29) is 11.8 Å². The molecule has 4 rings (SSSR count). The Kier molecular flexibility index (Phi) is 6.44. The number of piperidine rings is 1. The van der Waals surface area contributed by atoms with Gasteiger partial charge in [-0.3, -0.25) is 4.79 Å². The van der Waals surface area contributed by atoms with Crippen LogP contribution in [0.25, 0.3) is 10.1 Å². The lowest BCUT2D eigenvalue weighted by Crippen LogP contribution is -2.46. The van der Waals surface area contributed by atoms with E-state index in [0.717, 1.165) is 77.4 Å². The molecule has 0 aliphatic carbocycles. The normalized spacial score (nSPS) is 21.9. The molecule has 0 radical (unpaired) electrons. The largest absolute Gasteiger partial charge is 0.356 e. The minimum absolute atomic E-state index is 0.0630. The van der Waals surface area contributed by atoms with Gasteiger partial charge < -0.3 is 20.0 Å². The molecular formula is C21H31N5OS. The molecule has 4 heterocycles. The van der Waals surface area contributed by atoms with E-state index < -0.39 is 0 Å². The number of nitrogens with one attached hydrogen (secondary N) is 1. The molecular weight excluding hydrogens is 370 g/mol. The second kappa shape index (κ2) is 9.20. The van der Waals surface area contributed by atoms with Gasteiger partial charge in [-0.25, -0.2) is 4.98 Å². The summed E-state index contributed by atoms with van der Waals surface area (Å²) in [4.78, 5) is 24.5. The van der Waals surface area contributed by atoms with Crippen LogP contribution < -0.4 is 10.2 Å². The Morgan fingerprint density at radius 2 is 2.11 bits per heavy atom. The maximum absolute atomic E-state index is 12.7. The molecule has 2 aliphatic heterocycles. The quantitative estimate of drug-likeness (QED) is 0.753. The fourth-order valence-electron chi connectivity index (χ4n) is 4.25. The van der Waals surface area contributed by atoms with Crippen LogP contribution in [-0.2, 0) is 4.79 Å². The SMILES string of the molecule is CN1CCN(CCCNC(=O)C2CCCN(c3nccc4sccc34)C2)CC1. The summed E-state index contributed by atoms with van der Waals surface area (Å²) < 4.78 is 1.26. The Balaban J connectivity index is 1.25. The van der Waals surface area contributed by atoms with Crippen molar-refractivity contribution in [3.05, 3.63) is 23.7 Å². The summed E-state index contributed by atoms with van der Waals surface area (Å²) in [6, 6.07) is 4.21. The average molecular weight is 402 g/mol. The van der Waals surface area contributed by atoms with Crippen molar-refractivity contribution < 1.29 is 4.79 Å². The molecule has 2 aromatic rings. The van der Waals surface area contributed by atoms with E-state index >= 15 is 0 Å². The molecule has 0 spiro atoms. The third-order valence-electron chi connectivity index (χ3n) is 6.00. The lowest BCUT2D eigenvalue weighted by atomic mass is 9.97. The van der Waals surface area contributed by atoms with Crippen LogP contribution in [0.15, 0.2) is 23.7 Å². The third kappa shape index (κ3) is 4.64. The highest BCUT2D eigenvalue weighted by atomic mass is 32.1. The van der Waals surface area contributed by atoms with Crippen molar-refractivity contribution in [1.29, 1.82) is 0 Å². The number of amides is 1. The van der Waals surface area contributed by atoms with Crippen LogP contribution in [0.4, 0.5) is 5.82 Å². The van der Waals surface area contributed by atoms with Crippen molar-refractivity contribution in [2.75, 3.05) is 64.3 Å². The van der Waals surface area contributed by atoms with E-state index in [0.29, 0.717) is 0 Å². The Hall–Kier alpha value is -1.70. The number of aromatic nitrogens is 1. The predicted molar refractivity (Wildman–Crippen MR) is 116 cm³/mol. The fraction of sp³-hybridized carbons (Fsp3) is 0.619. The van der Waals surface area contributed by atoms with Crippen LogP contribution in [-0.4, -0.2) is 80.1 Å². The van der Waals surface area contributed by atoms with Crippen LogP contribution in [0.3, 0.4) is 0 Å². The van der Waals surface area contributed by atoms with Crippen molar-refractivity contribution in [2.45, 2.75) is 19.3 Å². The molecule has 152 valence electrons. The van der Waals surface area contributed by atoms with E-state index in [2.05, 4.69) is 49.6 Å². The first kappa shape index (κ1) is 19.6. The Morgan fingerprint density at radius 3 is 2.96 bits per heavy atom. The first-order valence-electron chi connectivity index (χ1n) is 10.5. The van der Waals surface area contributed by atoms with Gasteiger partial charge in [-0.2, -0.15) is 0 Å². The molecule has 1 amide bonds. The molecule has 2 saturated heterocycles. The van der Waals surface area contributed by atoms with Crippen LogP contribution in [0, 0.1) is 5.92 Å². The van der Waals surface area contributed by atoms with Crippen molar-refractivity contribution in [3.8, 4) is 0 Å². The number of thiophene rings is 1. The van der Waals surface area contributed by atoms with E-state index in [9.17, 15) is 4.79 Å². The number of hydrogen-bond donors (Lipinski definition) is 1. The van der Waals surface area contributed by atoms with Gasteiger partial charge in [0.25, 0.3) is 0 Å². The summed E-state index contributed by atoms with van der Waals surface area (Å²) in [6.45, 7) is 8.19. The molecule has 0 aromatic carbocycles. The molecule has 2 fully saturated rings. The summed E-state index contributed by atoms with van der Waals surface area (Å²) in [5, 5.41) is 6.51. The number of nitrogens with zero attached hydrogens (tertiary/aromatic N) is 4. The average Bonchev–Trinajstić information content (AvgIpc) is 3.21. The first-order chi connectivity index (χ1) is 13.7. The fourth-order valence-corrected chi connectivity index (χ4v) is 5.02. The second-order valence-corrected chi connectivity index (χ2v) is 8.99. The van der Waals surface area contributed by atoms with Crippen LogP contribution in [0.2, 0.25) is 0 Å². The summed E-state index contributed by atoms with van der Waals surface area (Å²) in [7, 11) is 2.18. The zero-order valence-electron chi connectivity index (χ0n) is 16.8. The number of pyridine rings is 1. The van der Waals surface area contributed by atoms with Gasteiger partial charge in [0.2, 0.25) is 5.91 Å². The monoisotopic (exact) mass is 401 g/mol. The zero-order chi connectivity index (χ0) is 19.3.